The molecule has 0 fully saturated rings. The fourth-order valence-electron chi connectivity index (χ4n) is 3.30. The molecule has 2 N–H and O–H groups in total. The van der Waals surface area contributed by atoms with Crippen molar-refractivity contribution in [3.8, 4) is 33.9 Å². The molecule has 0 spiro atoms. The Labute approximate surface area is 155 Å². The van der Waals surface area contributed by atoms with Crippen molar-refractivity contribution in [2.45, 2.75) is 0 Å². The fraction of sp³-hybridized carbons (Fsp3) is 0. The highest BCUT2D eigenvalue weighted by Gasteiger charge is 2.16. The number of aromatic amines is 2. The molecule has 5 aromatic rings. The SMILES string of the molecule is c1ccc(-n2cc[n+](-c3ccccc3-c3ccn[nH]3)c2)c(-c2ccn[nH]2)c1. The monoisotopic (exact) mass is 353 g/mol. The van der Waals surface area contributed by atoms with Gasteiger partial charge in [0.1, 0.15) is 23.8 Å². The van der Waals surface area contributed by atoms with E-state index in [2.05, 4.69) is 72.5 Å². The summed E-state index contributed by atoms with van der Waals surface area (Å²) in [6.45, 7) is 0. The number of para-hydroxylation sites is 2. The summed E-state index contributed by atoms with van der Waals surface area (Å²) < 4.78 is 4.22. The third kappa shape index (κ3) is 2.73. The van der Waals surface area contributed by atoms with Gasteiger partial charge in [-0.2, -0.15) is 10.2 Å². The molecule has 2 aromatic carbocycles. The summed E-state index contributed by atoms with van der Waals surface area (Å²) in [5.74, 6) is 0. The van der Waals surface area contributed by atoms with Crippen LogP contribution in [0, 0.1) is 0 Å². The molecule has 6 heteroatoms. The van der Waals surface area contributed by atoms with Gasteiger partial charge in [0.2, 0.25) is 0 Å². The van der Waals surface area contributed by atoms with E-state index in [1.54, 1.807) is 12.4 Å². The van der Waals surface area contributed by atoms with Gasteiger partial charge in [-0.25, -0.2) is 9.13 Å². The van der Waals surface area contributed by atoms with Crippen molar-refractivity contribution in [3.63, 3.8) is 0 Å². The van der Waals surface area contributed by atoms with E-state index in [4.69, 9.17) is 0 Å². The topological polar surface area (TPSA) is 66.2 Å². The van der Waals surface area contributed by atoms with Crippen molar-refractivity contribution in [3.05, 3.63) is 91.8 Å². The molecule has 0 aliphatic rings. The third-order valence-electron chi connectivity index (χ3n) is 4.58. The molecule has 27 heavy (non-hydrogen) atoms. The lowest BCUT2D eigenvalue weighted by Gasteiger charge is -2.05. The first-order chi connectivity index (χ1) is 13.4. The van der Waals surface area contributed by atoms with Crippen LogP contribution in [0.2, 0.25) is 0 Å². The van der Waals surface area contributed by atoms with Crippen molar-refractivity contribution < 1.29 is 4.57 Å². The number of benzene rings is 2. The second-order valence-corrected chi connectivity index (χ2v) is 6.20. The zero-order chi connectivity index (χ0) is 18.1. The van der Waals surface area contributed by atoms with Gasteiger partial charge in [0.05, 0.1) is 11.4 Å². The Kier molecular flexibility index (Phi) is 3.65. The maximum atomic E-state index is 4.08. The van der Waals surface area contributed by atoms with E-state index in [1.165, 1.54) is 0 Å². The van der Waals surface area contributed by atoms with Crippen LogP contribution < -0.4 is 4.57 Å². The number of nitrogens with zero attached hydrogens (tertiary/aromatic N) is 4. The third-order valence-corrected chi connectivity index (χ3v) is 4.58. The van der Waals surface area contributed by atoms with Crippen LogP contribution in [-0.2, 0) is 0 Å². The lowest BCUT2D eigenvalue weighted by Crippen LogP contribution is -2.28. The van der Waals surface area contributed by atoms with Gasteiger partial charge in [0, 0.05) is 23.5 Å². The van der Waals surface area contributed by atoms with Crippen molar-refractivity contribution >= 4 is 0 Å². The van der Waals surface area contributed by atoms with Crippen LogP contribution in [0.25, 0.3) is 33.9 Å². The summed E-state index contributed by atoms with van der Waals surface area (Å²) in [6.07, 6.45) is 9.72. The van der Waals surface area contributed by atoms with Crippen molar-refractivity contribution in [2.24, 2.45) is 0 Å². The molecule has 0 saturated heterocycles. The van der Waals surface area contributed by atoms with Crippen LogP contribution in [0.5, 0.6) is 0 Å². The highest BCUT2D eigenvalue weighted by Crippen LogP contribution is 2.25. The second kappa shape index (κ2) is 6.42. The van der Waals surface area contributed by atoms with E-state index in [9.17, 15) is 0 Å². The minimum absolute atomic E-state index is 0.990. The molecule has 0 bridgehead atoms. The standard InChI is InChI=1S/C21H17N6/c1-3-7-20(16(5-1)18-9-11-22-24-18)26-13-14-27(15-26)21-8-4-2-6-17(21)19-10-12-23-25-19/h1-15H,(H,22,24)(H,23,25)/q+1. The Morgan fingerprint density at radius 3 is 2.15 bits per heavy atom. The van der Waals surface area contributed by atoms with Crippen LogP contribution in [0.4, 0.5) is 0 Å². The lowest BCUT2D eigenvalue weighted by atomic mass is 10.1. The number of nitrogens with one attached hydrogen (secondary N) is 2. The highest BCUT2D eigenvalue weighted by molar-refractivity contribution is 5.70. The first-order valence-electron chi connectivity index (χ1n) is 8.68. The summed E-state index contributed by atoms with van der Waals surface area (Å²) >= 11 is 0. The number of rotatable bonds is 4. The van der Waals surface area contributed by atoms with Gasteiger partial charge in [-0.05, 0) is 36.4 Å². The van der Waals surface area contributed by atoms with E-state index in [0.717, 1.165) is 33.9 Å². The van der Waals surface area contributed by atoms with Gasteiger partial charge in [0.15, 0.2) is 0 Å². The van der Waals surface area contributed by atoms with Crippen LogP contribution in [0.1, 0.15) is 0 Å². The maximum Gasteiger partial charge on any atom is 0.254 e. The molecule has 0 aliphatic heterocycles. The summed E-state index contributed by atoms with van der Waals surface area (Å²) in [5.41, 5.74) is 6.34. The summed E-state index contributed by atoms with van der Waals surface area (Å²) in [5, 5.41) is 14.3. The first kappa shape index (κ1) is 15.3. The van der Waals surface area contributed by atoms with Crippen LogP contribution in [0.3, 0.4) is 0 Å². The average Bonchev–Trinajstić information content (AvgIpc) is 3.51. The van der Waals surface area contributed by atoms with Gasteiger partial charge < -0.3 is 0 Å². The Bertz CT molecular complexity index is 1080. The Morgan fingerprint density at radius 2 is 1.41 bits per heavy atom. The predicted octanol–water partition coefficient (Wildman–Crippen LogP) is 3.53. The Morgan fingerprint density at radius 1 is 0.741 bits per heavy atom. The minimum atomic E-state index is 0.990. The predicted molar refractivity (Wildman–Crippen MR) is 102 cm³/mol. The highest BCUT2D eigenvalue weighted by atomic mass is 15.1. The van der Waals surface area contributed by atoms with Crippen molar-refractivity contribution in [1.82, 2.24) is 25.0 Å². The van der Waals surface area contributed by atoms with Gasteiger partial charge in [0.25, 0.3) is 6.33 Å². The van der Waals surface area contributed by atoms with E-state index in [0.29, 0.717) is 0 Å². The molecule has 5 rings (SSSR count). The fourth-order valence-corrected chi connectivity index (χ4v) is 3.30. The van der Waals surface area contributed by atoms with E-state index >= 15 is 0 Å². The van der Waals surface area contributed by atoms with E-state index < -0.39 is 0 Å². The minimum Gasteiger partial charge on any atom is -0.278 e. The summed E-state index contributed by atoms with van der Waals surface area (Å²) in [7, 11) is 0. The maximum absolute atomic E-state index is 4.08. The number of hydrogen-bond acceptors (Lipinski definition) is 2. The van der Waals surface area contributed by atoms with Crippen LogP contribution >= 0.6 is 0 Å². The van der Waals surface area contributed by atoms with E-state index in [-0.39, 0.29) is 0 Å². The molecular weight excluding hydrogens is 336 g/mol. The van der Waals surface area contributed by atoms with Gasteiger partial charge in [-0.1, -0.05) is 24.3 Å². The molecule has 0 atom stereocenters. The normalized spacial score (nSPS) is 11.0. The Hall–Kier alpha value is -3.93. The zero-order valence-electron chi connectivity index (χ0n) is 14.4. The molecule has 0 radical (unpaired) electrons. The second-order valence-electron chi connectivity index (χ2n) is 6.20. The molecule has 3 aromatic heterocycles. The van der Waals surface area contributed by atoms with Crippen LogP contribution in [-0.4, -0.2) is 25.0 Å². The Balaban J connectivity index is 1.60. The smallest absolute Gasteiger partial charge is 0.254 e. The van der Waals surface area contributed by atoms with Crippen LogP contribution in [0.15, 0.2) is 91.8 Å². The van der Waals surface area contributed by atoms with Crippen molar-refractivity contribution in [2.75, 3.05) is 0 Å². The van der Waals surface area contributed by atoms with Gasteiger partial charge in [-0.3, -0.25) is 10.2 Å². The number of aromatic nitrogens is 6. The summed E-state index contributed by atoms with van der Waals surface area (Å²) in [4.78, 5) is 0. The summed E-state index contributed by atoms with van der Waals surface area (Å²) in [6, 6.07) is 20.5. The first-order valence-corrected chi connectivity index (χ1v) is 8.68. The van der Waals surface area contributed by atoms with Gasteiger partial charge >= 0.3 is 0 Å². The molecular formula is C21H17N6+. The molecule has 130 valence electrons. The largest absolute Gasteiger partial charge is 0.278 e. The molecule has 0 saturated carbocycles. The zero-order valence-corrected chi connectivity index (χ0v) is 14.4. The molecule has 0 aliphatic carbocycles. The van der Waals surface area contributed by atoms with Gasteiger partial charge in [-0.15, -0.1) is 0 Å². The average molecular weight is 353 g/mol. The number of imidazole rings is 1. The molecule has 0 amide bonds. The van der Waals surface area contributed by atoms with E-state index in [1.807, 2.05) is 36.4 Å². The molecule has 6 nitrogen and oxygen atoms in total. The van der Waals surface area contributed by atoms with Crippen molar-refractivity contribution in [1.29, 1.82) is 0 Å². The molecule has 3 heterocycles. The number of H-pyrrole nitrogens is 2. The molecule has 0 unspecified atom stereocenters. The number of hydrogen-bond donors (Lipinski definition) is 2. The lowest BCUT2D eigenvalue weighted by molar-refractivity contribution is -0.594. The quantitative estimate of drug-likeness (QED) is 0.485.